The lowest BCUT2D eigenvalue weighted by Gasteiger charge is -2.39. The maximum absolute atomic E-state index is 4.12. The van der Waals surface area contributed by atoms with Gasteiger partial charge in [0.1, 0.15) is 0 Å². The molecule has 1 fully saturated rings. The van der Waals surface area contributed by atoms with Crippen LogP contribution in [0.4, 0.5) is 0 Å². The molecule has 0 nitrogen and oxygen atoms in total. The fourth-order valence-corrected chi connectivity index (χ4v) is 4.95. The van der Waals surface area contributed by atoms with E-state index in [2.05, 4.69) is 78.5 Å². The average Bonchev–Trinajstić information content (AvgIpc) is 2.69. The smallest absolute Gasteiger partial charge is 0.00782 e. The molecule has 1 aromatic carbocycles. The molecule has 0 bridgehead atoms. The zero-order valence-electron chi connectivity index (χ0n) is 19.3. The topological polar surface area (TPSA) is 0 Å². The van der Waals surface area contributed by atoms with Crippen LogP contribution in [0.3, 0.4) is 0 Å². The average molecular weight is 379 g/mol. The minimum absolute atomic E-state index is 0.317. The van der Waals surface area contributed by atoms with Crippen LogP contribution in [0, 0.1) is 25.2 Å². The van der Waals surface area contributed by atoms with Gasteiger partial charge in [-0.2, -0.15) is 0 Å². The van der Waals surface area contributed by atoms with Gasteiger partial charge in [0.2, 0.25) is 0 Å². The first-order valence-electron chi connectivity index (χ1n) is 11.5. The molecule has 0 radical (unpaired) electrons. The van der Waals surface area contributed by atoms with Gasteiger partial charge in [-0.1, -0.05) is 81.7 Å². The van der Waals surface area contributed by atoms with Crippen molar-refractivity contribution < 1.29 is 0 Å². The monoisotopic (exact) mass is 378 g/mol. The molecule has 0 amide bonds. The van der Waals surface area contributed by atoms with Gasteiger partial charge in [0.25, 0.3) is 0 Å². The molecule has 0 aliphatic heterocycles. The summed E-state index contributed by atoms with van der Waals surface area (Å²) >= 11 is 0. The number of hydrogen-bond acceptors (Lipinski definition) is 0. The van der Waals surface area contributed by atoms with Crippen LogP contribution in [-0.2, 0) is 0 Å². The Labute approximate surface area is 174 Å². The molecule has 154 valence electrons. The third-order valence-electron chi connectivity index (χ3n) is 6.97. The molecular weight excluding hydrogens is 336 g/mol. The molecule has 0 spiro atoms. The third kappa shape index (κ3) is 5.28. The van der Waals surface area contributed by atoms with Crippen LogP contribution < -0.4 is 0 Å². The molecule has 0 saturated heterocycles. The van der Waals surface area contributed by atoms with Crippen LogP contribution in [-0.4, -0.2) is 0 Å². The lowest BCUT2D eigenvalue weighted by molar-refractivity contribution is 0.231. The summed E-state index contributed by atoms with van der Waals surface area (Å²) in [7, 11) is 0. The highest BCUT2D eigenvalue weighted by Gasteiger charge is 2.34. The van der Waals surface area contributed by atoms with Crippen molar-refractivity contribution in [3.8, 4) is 0 Å². The first-order chi connectivity index (χ1) is 13.4. The first-order valence-corrected chi connectivity index (χ1v) is 11.5. The summed E-state index contributed by atoms with van der Waals surface area (Å²) in [5.74, 6) is 0.728. The lowest BCUT2D eigenvalue weighted by atomic mass is 9.65. The Bertz CT molecular complexity index is 720. The number of rotatable bonds is 8. The van der Waals surface area contributed by atoms with Gasteiger partial charge in [-0.25, -0.2) is 0 Å². The predicted molar refractivity (Wildman–Crippen MR) is 127 cm³/mol. The summed E-state index contributed by atoms with van der Waals surface area (Å²) in [5, 5.41) is 0. The van der Waals surface area contributed by atoms with Gasteiger partial charge in [-0.3, -0.25) is 0 Å². The Morgan fingerprint density at radius 1 is 1.14 bits per heavy atom. The zero-order chi connectivity index (χ0) is 20.7. The van der Waals surface area contributed by atoms with E-state index in [1.165, 1.54) is 73.6 Å². The fraction of sp³-hybridized carbons (Fsp3) is 0.571. The zero-order valence-corrected chi connectivity index (χ0v) is 19.3. The summed E-state index contributed by atoms with van der Waals surface area (Å²) in [5.41, 5.74) is 9.34. The molecule has 2 rings (SSSR count). The van der Waals surface area contributed by atoms with Gasteiger partial charge < -0.3 is 0 Å². The van der Waals surface area contributed by atoms with Crippen molar-refractivity contribution in [3.63, 3.8) is 0 Å². The van der Waals surface area contributed by atoms with Crippen LogP contribution in [0.15, 0.2) is 48.1 Å². The molecule has 0 atom stereocenters. The molecule has 1 aromatic rings. The van der Waals surface area contributed by atoms with E-state index in [0.29, 0.717) is 5.41 Å². The molecule has 0 N–H and O–H groups in total. The highest BCUT2D eigenvalue weighted by atomic mass is 14.4. The maximum atomic E-state index is 4.12. The Morgan fingerprint density at radius 2 is 1.82 bits per heavy atom. The number of hydrogen-bond donors (Lipinski definition) is 0. The van der Waals surface area contributed by atoms with E-state index < -0.39 is 0 Å². The standard InChI is InChI=1S/C28H42/c1-8-11-13-25(10-3)28(7)18-16-24(17-19-28)23(6)26(12-9-2)27-20-21(4)14-15-22(27)5/h10,13-15,20,24H,3,8-9,11-12,16-19H2,1-2,4-7H3/b25-13+,26-23+. The molecule has 1 aliphatic carbocycles. The second-order valence-electron chi connectivity index (χ2n) is 9.22. The molecule has 1 aliphatic rings. The minimum Gasteiger partial charge on any atom is -0.0988 e. The van der Waals surface area contributed by atoms with E-state index in [1.807, 2.05) is 0 Å². The van der Waals surface area contributed by atoms with Crippen LogP contribution in [0.2, 0.25) is 0 Å². The van der Waals surface area contributed by atoms with Crippen LogP contribution in [0.1, 0.15) is 95.8 Å². The van der Waals surface area contributed by atoms with Crippen molar-refractivity contribution in [1.29, 1.82) is 0 Å². The van der Waals surface area contributed by atoms with Gasteiger partial charge in [0.15, 0.2) is 0 Å². The first kappa shape index (κ1) is 22.7. The van der Waals surface area contributed by atoms with Crippen molar-refractivity contribution in [2.75, 3.05) is 0 Å². The highest BCUT2D eigenvalue weighted by Crippen LogP contribution is 2.47. The number of unbranched alkanes of at least 4 members (excludes halogenated alkanes) is 1. The quantitative estimate of drug-likeness (QED) is 0.396. The van der Waals surface area contributed by atoms with E-state index in [4.69, 9.17) is 0 Å². The van der Waals surface area contributed by atoms with Crippen molar-refractivity contribution in [2.45, 2.75) is 92.9 Å². The molecule has 0 unspecified atom stereocenters. The number of allylic oxidation sites excluding steroid dienone is 5. The van der Waals surface area contributed by atoms with Crippen molar-refractivity contribution >= 4 is 5.57 Å². The molecule has 0 heterocycles. The summed E-state index contributed by atoms with van der Waals surface area (Å²) in [6.07, 6.45) is 14.5. The van der Waals surface area contributed by atoms with Crippen LogP contribution >= 0.6 is 0 Å². The summed E-state index contributed by atoms with van der Waals surface area (Å²) in [6.45, 7) is 18.1. The summed E-state index contributed by atoms with van der Waals surface area (Å²) in [6, 6.07) is 6.93. The SMILES string of the molecule is C=C/C(=C\CCC)C1(C)CCC(/C(C)=C(\CCC)c2cc(C)ccc2C)CC1. The molecular formula is C28H42. The second kappa shape index (κ2) is 10.3. The second-order valence-corrected chi connectivity index (χ2v) is 9.22. The van der Waals surface area contributed by atoms with E-state index >= 15 is 0 Å². The molecule has 28 heavy (non-hydrogen) atoms. The van der Waals surface area contributed by atoms with Crippen LogP contribution in [0.25, 0.3) is 5.57 Å². The van der Waals surface area contributed by atoms with Gasteiger partial charge in [0.05, 0.1) is 0 Å². The lowest BCUT2D eigenvalue weighted by Crippen LogP contribution is -2.26. The van der Waals surface area contributed by atoms with Crippen molar-refractivity contribution in [1.82, 2.24) is 0 Å². The van der Waals surface area contributed by atoms with E-state index in [1.54, 1.807) is 11.1 Å². The highest BCUT2D eigenvalue weighted by molar-refractivity contribution is 5.71. The van der Waals surface area contributed by atoms with Gasteiger partial charge >= 0.3 is 0 Å². The molecule has 0 heteroatoms. The normalized spacial score (nSPS) is 24.1. The van der Waals surface area contributed by atoms with Gasteiger partial charge in [0, 0.05) is 0 Å². The Balaban J connectivity index is 2.27. The fourth-order valence-electron chi connectivity index (χ4n) is 4.95. The molecule has 1 saturated carbocycles. The maximum Gasteiger partial charge on any atom is -0.00782 e. The van der Waals surface area contributed by atoms with Crippen molar-refractivity contribution in [2.24, 2.45) is 11.3 Å². The van der Waals surface area contributed by atoms with Crippen molar-refractivity contribution in [3.05, 3.63) is 64.8 Å². The Morgan fingerprint density at radius 3 is 2.39 bits per heavy atom. The predicted octanol–water partition coefficient (Wildman–Crippen LogP) is 8.99. The van der Waals surface area contributed by atoms with Crippen LogP contribution in [0.5, 0.6) is 0 Å². The number of benzene rings is 1. The van der Waals surface area contributed by atoms with E-state index in [0.717, 1.165) is 5.92 Å². The minimum atomic E-state index is 0.317. The van der Waals surface area contributed by atoms with Gasteiger partial charge in [-0.05, 0) is 92.9 Å². The largest absolute Gasteiger partial charge is 0.0988 e. The molecule has 0 aromatic heterocycles. The summed E-state index contributed by atoms with van der Waals surface area (Å²) < 4.78 is 0. The van der Waals surface area contributed by atoms with E-state index in [-0.39, 0.29) is 0 Å². The Hall–Kier alpha value is -1.56. The number of aryl methyl sites for hydroxylation is 2. The summed E-state index contributed by atoms with van der Waals surface area (Å²) in [4.78, 5) is 0. The van der Waals surface area contributed by atoms with Gasteiger partial charge in [-0.15, -0.1) is 0 Å². The Kier molecular flexibility index (Phi) is 8.35. The third-order valence-corrected chi connectivity index (χ3v) is 6.97. The van der Waals surface area contributed by atoms with E-state index in [9.17, 15) is 0 Å².